The predicted octanol–water partition coefficient (Wildman–Crippen LogP) is 6.42. The third kappa shape index (κ3) is 6.10. The van der Waals surface area contributed by atoms with Crippen LogP contribution in [0, 0.1) is 0 Å². The molecule has 5 rings (SSSR count). The Labute approximate surface area is 229 Å². The molecular formula is C26H18ClF3N8O2. The number of nitrogen functional groups attached to an aromatic ring is 1. The molecule has 202 valence electrons. The van der Waals surface area contributed by atoms with E-state index in [0.29, 0.717) is 22.2 Å². The van der Waals surface area contributed by atoms with Gasteiger partial charge < -0.3 is 21.1 Å². The highest BCUT2D eigenvalue weighted by molar-refractivity contribution is 6.30. The maximum atomic E-state index is 13.3. The van der Waals surface area contributed by atoms with Crippen LogP contribution >= 0.6 is 11.6 Å². The van der Waals surface area contributed by atoms with Gasteiger partial charge in [0.05, 0.1) is 46.2 Å². The molecule has 0 radical (unpaired) electrons. The normalized spacial score (nSPS) is 11.2. The number of anilines is 3. The molecule has 2 aromatic carbocycles. The molecule has 0 bridgehead atoms. The Morgan fingerprint density at radius 2 is 1.77 bits per heavy atom. The summed E-state index contributed by atoms with van der Waals surface area (Å²) in [5, 5.41) is 12.8. The fourth-order valence-electron chi connectivity index (χ4n) is 3.65. The van der Waals surface area contributed by atoms with Crippen molar-refractivity contribution >= 4 is 34.8 Å². The fraction of sp³-hybridized carbons (Fsp3) is 0.0385. The highest BCUT2D eigenvalue weighted by atomic mass is 35.5. The lowest BCUT2D eigenvalue weighted by Crippen LogP contribution is -2.21. The summed E-state index contributed by atoms with van der Waals surface area (Å²) in [6.07, 6.45) is 0.997. The SMILES string of the molecule is Nc1ncc(Cl)cc1-c1ccc(Oc2ccc(NC(=O)Nc3cc(C(F)(F)F)ccc3-n3ccnn3)cn2)cc1. The summed E-state index contributed by atoms with van der Waals surface area (Å²) >= 11 is 6.01. The van der Waals surface area contributed by atoms with Crippen molar-refractivity contribution in [2.45, 2.75) is 6.18 Å². The van der Waals surface area contributed by atoms with Gasteiger partial charge >= 0.3 is 12.2 Å². The number of carbonyl (C=O) groups is 1. The smallest absolute Gasteiger partial charge is 0.416 e. The number of hydrogen-bond donors (Lipinski definition) is 3. The first-order chi connectivity index (χ1) is 19.2. The lowest BCUT2D eigenvalue weighted by Gasteiger charge is -2.15. The number of rotatable bonds is 6. The molecule has 5 aromatic rings. The number of amides is 2. The van der Waals surface area contributed by atoms with E-state index in [9.17, 15) is 18.0 Å². The van der Waals surface area contributed by atoms with Crippen LogP contribution < -0.4 is 21.1 Å². The molecule has 2 amide bonds. The molecule has 0 unspecified atom stereocenters. The predicted molar refractivity (Wildman–Crippen MR) is 142 cm³/mol. The Balaban J connectivity index is 1.25. The topological polar surface area (TPSA) is 133 Å². The minimum atomic E-state index is -4.60. The number of nitrogens with zero attached hydrogens (tertiary/aromatic N) is 5. The van der Waals surface area contributed by atoms with Gasteiger partial charge in [-0.1, -0.05) is 28.9 Å². The zero-order chi connectivity index (χ0) is 28.3. The minimum absolute atomic E-state index is 0.121. The summed E-state index contributed by atoms with van der Waals surface area (Å²) in [6, 6.07) is 13.9. The zero-order valence-electron chi connectivity index (χ0n) is 20.2. The Bertz CT molecular complexity index is 1640. The Morgan fingerprint density at radius 1 is 0.975 bits per heavy atom. The van der Waals surface area contributed by atoms with Crippen LogP contribution in [-0.4, -0.2) is 31.0 Å². The first-order valence-electron chi connectivity index (χ1n) is 11.5. The van der Waals surface area contributed by atoms with E-state index in [1.807, 2.05) is 0 Å². The lowest BCUT2D eigenvalue weighted by atomic mass is 10.1. The van der Waals surface area contributed by atoms with Gasteiger partial charge in [0.1, 0.15) is 11.6 Å². The van der Waals surface area contributed by atoms with E-state index in [0.717, 1.165) is 17.7 Å². The summed E-state index contributed by atoms with van der Waals surface area (Å²) in [7, 11) is 0. The summed E-state index contributed by atoms with van der Waals surface area (Å²) in [5.41, 5.74) is 6.83. The standard InChI is InChI=1S/C26H18ClF3N8O2/c27-17-12-20(24(31)33-13-17)15-1-5-19(6-2-15)40-23-8-4-18(14-32-23)35-25(39)36-21-11-16(26(28,29)30)3-7-22(21)38-10-9-34-37-38/h1-14H,(H2,31,33)(H2,35,36,39). The number of urea groups is 1. The number of hydrogen-bond acceptors (Lipinski definition) is 7. The second kappa shape index (κ2) is 10.9. The number of halogens is 4. The van der Waals surface area contributed by atoms with Crippen LogP contribution in [0.2, 0.25) is 5.02 Å². The summed E-state index contributed by atoms with van der Waals surface area (Å²) in [4.78, 5) is 20.8. The van der Waals surface area contributed by atoms with Crippen molar-refractivity contribution in [2.75, 3.05) is 16.4 Å². The molecule has 0 aliphatic heterocycles. The second-order valence-electron chi connectivity index (χ2n) is 8.25. The van der Waals surface area contributed by atoms with E-state index >= 15 is 0 Å². The summed E-state index contributed by atoms with van der Waals surface area (Å²) in [6.45, 7) is 0. The number of nitrogens with one attached hydrogen (secondary N) is 2. The number of alkyl halides is 3. The van der Waals surface area contributed by atoms with Crippen molar-refractivity contribution < 1.29 is 22.7 Å². The highest BCUT2D eigenvalue weighted by Gasteiger charge is 2.31. The van der Waals surface area contributed by atoms with Crippen LogP contribution in [0.4, 0.5) is 35.2 Å². The second-order valence-corrected chi connectivity index (χ2v) is 8.69. The third-order valence-corrected chi connectivity index (χ3v) is 5.72. The van der Waals surface area contributed by atoms with Crippen LogP contribution in [0.25, 0.3) is 16.8 Å². The molecule has 3 aromatic heterocycles. The molecule has 0 saturated carbocycles. The highest BCUT2D eigenvalue weighted by Crippen LogP contribution is 2.33. The van der Waals surface area contributed by atoms with E-state index in [-0.39, 0.29) is 22.9 Å². The van der Waals surface area contributed by atoms with Crippen LogP contribution in [0.5, 0.6) is 11.6 Å². The van der Waals surface area contributed by atoms with Crippen LogP contribution in [0.1, 0.15) is 5.56 Å². The van der Waals surface area contributed by atoms with Crippen molar-refractivity contribution in [1.29, 1.82) is 0 Å². The summed E-state index contributed by atoms with van der Waals surface area (Å²) < 4.78 is 46.7. The van der Waals surface area contributed by atoms with Crippen LogP contribution in [-0.2, 0) is 6.18 Å². The number of nitrogens with two attached hydrogens (primary N) is 1. The maximum Gasteiger partial charge on any atom is 0.416 e. The zero-order valence-corrected chi connectivity index (χ0v) is 21.0. The van der Waals surface area contributed by atoms with Gasteiger partial charge in [-0.3, -0.25) is 0 Å². The monoisotopic (exact) mass is 566 g/mol. The van der Waals surface area contributed by atoms with Gasteiger partial charge in [0.25, 0.3) is 0 Å². The van der Waals surface area contributed by atoms with Crippen molar-refractivity contribution in [3.05, 3.63) is 96.0 Å². The van der Waals surface area contributed by atoms with Crippen molar-refractivity contribution in [3.8, 4) is 28.4 Å². The van der Waals surface area contributed by atoms with E-state index in [4.69, 9.17) is 22.1 Å². The first kappa shape index (κ1) is 26.4. The molecule has 0 atom stereocenters. The van der Waals surface area contributed by atoms with Crippen LogP contribution in [0.15, 0.2) is 85.5 Å². The fourth-order valence-corrected chi connectivity index (χ4v) is 3.81. The Kier molecular flexibility index (Phi) is 7.21. The molecule has 0 aliphatic rings. The van der Waals surface area contributed by atoms with Crippen molar-refractivity contribution in [2.24, 2.45) is 0 Å². The third-order valence-electron chi connectivity index (χ3n) is 5.51. The number of carbonyl (C=O) groups excluding carboxylic acids is 1. The van der Waals surface area contributed by atoms with Crippen LogP contribution in [0.3, 0.4) is 0 Å². The van der Waals surface area contributed by atoms with Crippen molar-refractivity contribution in [1.82, 2.24) is 25.0 Å². The van der Waals surface area contributed by atoms with E-state index in [2.05, 4.69) is 30.9 Å². The molecule has 14 heteroatoms. The minimum Gasteiger partial charge on any atom is -0.439 e. The van der Waals surface area contributed by atoms with Gasteiger partial charge in [-0.2, -0.15) is 13.2 Å². The summed E-state index contributed by atoms with van der Waals surface area (Å²) in [5.74, 6) is 1.08. The Hall–Kier alpha value is -5.17. The van der Waals surface area contributed by atoms with Crippen molar-refractivity contribution in [3.63, 3.8) is 0 Å². The van der Waals surface area contributed by atoms with Gasteiger partial charge in [-0.05, 0) is 48.0 Å². The van der Waals surface area contributed by atoms with Gasteiger partial charge in [-0.15, -0.1) is 5.10 Å². The van der Waals surface area contributed by atoms with Gasteiger partial charge in [0.2, 0.25) is 5.88 Å². The molecule has 0 spiro atoms. The van der Waals surface area contributed by atoms with E-state index in [1.54, 1.807) is 30.3 Å². The molecule has 40 heavy (non-hydrogen) atoms. The molecule has 3 heterocycles. The van der Waals surface area contributed by atoms with Gasteiger partial charge in [0, 0.05) is 17.8 Å². The lowest BCUT2D eigenvalue weighted by molar-refractivity contribution is -0.137. The molecule has 0 saturated heterocycles. The maximum absolute atomic E-state index is 13.3. The number of ether oxygens (including phenoxy) is 1. The van der Waals surface area contributed by atoms with Gasteiger partial charge in [-0.25, -0.2) is 19.4 Å². The number of aromatic nitrogens is 5. The molecule has 0 aliphatic carbocycles. The number of benzene rings is 2. The average molecular weight is 567 g/mol. The quantitative estimate of drug-likeness (QED) is 0.216. The molecular weight excluding hydrogens is 549 g/mol. The number of pyridine rings is 2. The first-order valence-corrected chi connectivity index (χ1v) is 11.8. The largest absolute Gasteiger partial charge is 0.439 e. The van der Waals surface area contributed by atoms with Gasteiger partial charge in [0.15, 0.2) is 0 Å². The average Bonchev–Trinajstić information content (AvgIpc) is 3.46. The molecule has 4 N–H and O–H groups in total. The van der Waals surface area contributed by atoms with E-state index < -0.39 is 17.8 Å². The Morgan fingerprint density at radius 3 is 2.45 bits per heavy atom. The molecule has 0 fully saturated rings. The molecule has 10 nitrogen and oxygen atoms in total. The van der Waals surface area contributed by atoms with E-state index in [1.165, 1.54) is 47.7 Å².